The molecule has 0 aromatic heterocycles. The molecule has 32 heavy (non-hydrogen) atoms. The molecule has 0 saturated carbocycles. The molecule has 2 aromatic rings. The molecule has 2 fully saturated rings. The number of nitrogens with one attached hydrogen (secondary N) is 1. The number of hydrogen-bond donors (Lipinski definition) is 1. The van der Waals surface area contributed by atoms with Crippen LogP contribution in [0.25, 0.3) is 6.08 Å². The second-order valence-electron chi connectivity index (χ2n) is 7.89. The fourth-order valence-corrected chi connectivity index (χ4v) is 4.48. The molecule has 0 aliphatic carbocycles. The summed E-state index contributed by atoms with van der Waals surface area (Å²) < 4.78 is 5.50. The van der Waals surface area contributed by atoms with Gasteiger partial charge in [-0.15, -0.1) is 0 Å². The van der Waals surface area contributed by atoms with Crippen molar-refractivity contribution in [3.8, 4) is 0 Å². The van der Waals surface area contributed by atoms with Crippen LogP contribution in [0.2, 0.25) is 10.0 Å². The van der Waals surface area contributed by atoms with Gasteiger partial charge in [-0.25, -0.2) is 0 Å². The highest BCUT2D eigenvalue weighted by Gasteiger charge is 2.48. The first-order valence-corrected chi connectivity index (χ1v) is 11.0. The van der Waals surface area contributed by atoms with E-state index in [9.17, 15) is 14.4 Å². The van der Waals surface area contributed by atoms with Crippen molar-refractivity contribution in [2.24, 2.45) is 0 Å². The molecular formula is C24H22Cl2N2O4. The third-order valence-electron chi connectivity index (χ3n) is 5.83. The zero-order chi connectivity index (χ0) is 22.8. The van der Waals surface area contributed by atoms with Gasteiger partial charge in [-0.3, -0.25) is 14.4 Å². The number of carbonyl (C=O) groups is 3. The van der Waals surface area contributed by atoms with Crippen molar-refractivity contribution < 1.29 is 19.1 Å². The molecule has 2 aliphatic rings. The van der Waals surface area contributed by atoms with Gasteiger partial charge in [-0.05, 0) is 41.8 Å². The van der Waals surface area contributed by atoms with Crippen molar-refractivity contribution in [2.45, 2.75) is 31.0 Å². The molecule has 2 amide bonds. The lowest BCUT2D eigenvalue weighted by molar-refractivity contribution is -0.138. The SMILES string of the molecule is C=Cc1ccc(C(=O)NC(Cc2ccc(Cl)c(Cl)c2)C(=O)N2CCC3OCC(=O)C32)cc1. The highest BCUT2D eigenvalue weighted by atomic mass is 35.5. The second kappa shape index (κ2) is 9.45. The van der Waals surface area contributed by atoms with Crippen LogP contribution in [0.3, 0.4) is 0 Å². The smallest absolute Gasteiger partial charge is 0.251 e. The van der Waals surface area contributed by atoms with E-state index in [-0.39, 0.29) is 36.7 Å². The molecule has 166 valence electrons. The number of fused-ring (bicyclic) bond motifs is 1. The molecule has 1 N–H and O–H groups in total. The Bertz CT molecular complexity index is 1070. The molecular weight excluding hydrogens is 451 g/mol. The highest BCUT2D eigenvalue weighted by Crippen LogP contribution is 2.28. The van der Waals surface area contributed by atoms with Gasteiger partial charge < -0.3 is 15.0 Å². The lowest BCUT2D eigenvalue weighted by Crippen LogP contribution is -2.53. The lowest BCUT2D eigenvalue weighted by atomic mass is 10.0. The Morgan fingerprint density at radius 3 is 2.62 bits per heavy atom. The predicted octanol–water partition coefficient (Wildman–Crippen LogP) is 3.55. The summed E-state index contributed by atoms with van der Waals surface area (Å²) in [7, 11) is 0. The Hall–Kier alpha value is -2.67. The molecule has 0 spiro atoms. The molecule has 2 heterocycles. The number of ether oxygens (including phenoxy) is 1. The summed E-state index contributed by atoms with van der Waals surface area (Å²) in [5, 5.41) is 3.61. The van der Waals surface area contributed by atoms with Gasteiger partial charge in [0.25, 0.3) is 5.91 Å². The van der Waals surface area contributed by atoms with Gasteiger partial charge in [0, 0.05) is 18.5 Å². The molecule has 0 radical (unpaired) electrons. The summed E-state index contributed by atoms with van der Waals surface area (Å²) in [4.78, 5) is 40.2. The number of carbonyl (C=O) groups excluding carboxylic acids is 3. The maximum absolute atomic E-state index is 13.5. The number of Topliss-reactive ketones (excluding diaryl/α,β-unsaturated/α-hetero) is 1. The van der Waals surface area contributed by atoms with Crippen molar-refractivity contribution in [1.29, 1.82) is 0 Å². The number of halogens is 2. The molecule has 2 saturated heterocycles. The zero-order valence-electron chi connectivity index (χ0n) is 17.2. The van der Waals surface area contributed by atoms with Crippen LogP contribution < -0.4 is 5.32 Å². The third-order valence-corrected chi connectivity index (χ3v) is 6.57. The molecule has 3 atom stereocenters. The monoisotopic (exact) mass is 472 g/mol. The number of ketones is 1. The fraction of sp³-hybridized carbons (Fsp3) is 0.292. The summed E-state index contributed by atoms with van der Waals surface area (Å²) in [6.07, 6.45) is 2.20. The van der Waals surface area contributed by atoms with Crippen LogP contribution in [-0.2, 0) is 20.7 Å². The van der Waals surface area contributed by atoms with Gasteiger partial charge in [-0.1, -0.05) is 54.1 Å². The molecule has 2 aromatic carbocycles. The number of hydrogen-bond acceptors (Lipinski definition) is 4. The van der Waals surface area contributed by atoms with Crippen LogP contribution in [-0.4, -0.2) is 53.8 Å². The Morgan fingerprint density at radius 2 is 1.94 bits per heavy atom. The number of likely N-dealkylation sites (tertiary alicyclic amines) is 1. The van der Waals surface area contributed by atoms with E-state index in [2.05, 4.69) is 11.9 Å². The standard InChI is InChI=1S/C24H22Cl2N2O4/c1-2-14-3-6-16(7-4-14)23(30)27-19(12-15-5-8-17(25)18(26)11-15)24(31)28-10-9-21-22(28)20(29)13-32-21/h2-8,11,19,21-22H,1,9-10,12-13H2,(H,27,30). The minimum Gasteiger partial charge on any atom is -0.368 e. The van der Waals surface area contributed by atoms with Crippen molar-refractivity contribution in [2.75, 3.05) is 13.2 Å². The summed E-state index contributed by atoms with van der Waals surface area (Å²) in [5.41, 5.74) is 2.04. The maximum atomic E-state index is 13.5. The Morgan fingerprint density at radius 1 is 1.19 bits per heavy atom. The Kier molecular flexibility index (Phi) is 6.65. The predicted molar refractivity (Wildman–Crippen MR) is 123 cm³/mol. The van der Waals surface area contributed by atoms with Crippen LogP contribution >= 0.6 is 23.2 Å². The van der Waals surface area contributed by atoms with E-state index in [0.29, 0.717) is 28.6 Å². The van der Waals surface area contributed by atoms with Crippen LogP contribution in [0.15, 0.2) is 49.0 Å². The van der Waals surface area contributed by atoms with Crippen molar-refractivity contribution in [1.82, 2.24) is 10.2 Å². The van der Waals surface area contributed by atoms with Crippen LogP contribution in [0.4, 0.5) is 0 Å². The average Bonchev–Trinajstić information content (AvgIpc) is 3.38. The third kappa shape index (κ3) is 4.58. The molecule has 6 nitrogen and oxygen atoms in total. The van der Waals surface area contributed by atoms with Crippen molar-refractivity contribution >= 4 is 46.9 Å². The minimum absolute atomic E-state index is 0.0125. The lowest BCUT2D eigenvalue weighted by Gasteiger charge is -2.27. The summed E-state index contributed by atoms with van der Waals surface area (Å²) in [6.45, 7) is 4.12. The normalized spacial score (nSPS) is 20.7. The van der Waals surface area contributed by atoms with Gasteiger partial charge in [0.15, 0.2) is 5.78 Å². The van der Waals surface area contributed by atoms with E-state index in [1.807, 2.05) is 0 Å². The first-order chi connectivity index (χ1) is 15.4. The Balaban J connectivity index is 1.58. The zero-order valence-corrected chi connectivity index (χ0v) is 18.7. The minimum atomic E-state index is -0.883. The van der Waals surface area contributed by atoms with Gasteiger partial charge in [-0.2, -0.15) is 0 Å². The topological polar surface area (TPSA) is 75.7 Å². The van der Waals surface area contributed by atoms with Crippen molar-refractivity contribution in [3.63, 3.8) is 0 Å². The molecule has 8 heteroatoms. The second-order valence-corrected chi connectivity index (χ2v) is 8.70. The van der Waals surface area contributed by atoms with Crippen LogP contribution in [0.5, 0.6) is 0 Å². The van der Waals surface area contributed by atoms with E-state index >= 15 is 0 Å². The van der Waals surface area contributed by atoms with E-state index in [1.54, 1.807) is 48.5 Å². The first-order valence-electron chi connectivity index (χ1n) is 10.3. The first kappa shape index (κ1) is 22.5. The van der Waals surface area contributed by atoms with E-state index in [1.165, 1.54) is 4.90 Å². The highest BCUT2D eigenvalue weighted by molar-refractivity contribution is 6.42. The van der Waals surface area contributed by atoms with E-state index in [0.717, 1.165) is 11.1 Å². The van der Waals surface area contributed by atoms with Crippen LogP contribution in [0.1, 0.15) is 27.9 Å². The molecule has 0 bridgehead atoms. The number of amides is 2. The number of benzene rings is 2. The Labute approximate surface area is 196 Å². The van der Waals surface area contributed by atoms with Gasteiger partial charge in [0.05, 0.1) is 16.1 Å². The summed E-state index contributed by atoms with van der Waals surface area (Å²) >= 11 is 12.2. The molecule has 2 aliphatic heterocycles. The molecule has 4 rings (SSSR count). The van der Waals surface area contributed by atoms with E-state index < -0.39 is 12.1 Å². The molecule has 3 unspecified atom stereocenters. The average molecular weight is 473 g/mol. The maximum Gasteiger partial charge on any atom is 0.251 e. The quantitative estimate of drug-likeness (QED) is 0.697. The number of rotatable bonds is 6. The van der Waals surface area contributed by atoms with Gasteiger partial charge in [0.2, 0.25) is 5.91 Å². The fourth-order valence-electron chi connectivity index (χ4n) is 4.16. The van der Waals surface area contributed by atoms with Gasteiger partial charge in [0.1, 0.15) is 18.7 Å². The van der Waals surface area contributed by atoms with Crippen molar-refractivity contribution in [3.05, 3.63) is 75.8 Å². The largest absolute Gasteiger partial charge is 0.368 e. The van der Waals surface area contributed by atoms with E-state index in [4.69, 9.17) is 27.9 Å². The summed E-state index contributed by atoms with van der Waals surface area (Å²) in [6, 6.07) is 10.5. The number of nitrogens with zero attached hydrogens (tertiary/aromatic N) is 1. The van der Waals surface area contributed by atoms with Gasteiger partial charge >= 0.3 is 0 Å². The summed E-state index contributed by atoms with van der Waals surface area (Å²) in [5.74, 6) is -0.817. The van der Waals surface area contributed by atoms with Crippen LogP contribution in [0, 0.1) is 0 Å².